The summed E-state index contributed by atoms with van der Waals surface area (Å²) in [6, 6.07) is 9.89. The Morgan fingerprint density at radius 1 is 1.15 bits per heavy atom. The molecule has 2 aromatic carbocycles. The van der Waals surface area contributed by atoms with E-state index >= 15 is 0 Å². The van der Waals surface area contributed by atoms with E-state index in [1.807, 2.05) is 13.8 Å². The van der Waals surface area contributed by atoms with Gasteiger partial charge in [-0.05, 0) is 62.2 Å². The molecular weight excluding hydrogens is 450 g/mol. The first-order valence-electron chi connectivity index (χ1n) is 10.2. The second kappa shape index (κ2) is 9.15. The SMILES string of the molecule is COc1nc2c(c(C)nn2-c2cccc(F)c2)c(C)c1CCC(=O)Nc1ccc(F)cc1Cl. The van der Waals surface area contributed by atoms with Gasteiger partial charge in [0, 0.05) is 17.4 Å². The molecule has 2 heterocycles. The van der Waals surface area contributed by atoms with E-state index in [9.17, 15) is 13.6 Å². The largest absolute Gasteiger partial charge is 0.481 e. The van der Waals surface area contributed by atoms with Crippen molar-refractivity contribution in [2.45, 2.75) is 26.7 Å². The van der Waals surface area contributed by atoms with Crippen molar-refractivity contribution in [2.24, 2.45) is 0 Å². The van der Waals surface area contributed by atoms with Gasteiger partial charge in [0.15, 0.2) is 5.65 Å². The summed E-state index contributed by atoms with van der Waals surface area (Å²) in [5.74, 6) is -0.768. The van der Waals surface area contributed by atoms with Crippen molar-refractivity contribution in [1.29, 1.82) is 0 Å². The van der Waals surface area contributed by atoms with E-state index in [2.05, 4.69) is 15.4 Å². The molecule has 0 saturated heterocycles. The molecule has 0 atom stereocenters. The van der Waals surface area contributed by atoms with Gasteiger partial charge in [0.25, 0.3) is 0 Å². The maximum Gasteiger partial charge on any atom is 0.224 e. The highest BCUT2D eigenvalue weighted by Crippen LogP contribution is 2.32. The molecule has 0 unspecified atom stereocenters. The number of aryl methyl sites for hydroxylation is 2. The number of fused-ring (bicyclic) bond motifs is 1. The number of nitrogens with one attached hydrogen (secondary N) is 1. The Hall–Kier alpha value is -3.52. The van der Waals surface area contributed by atoms with Crippen LogP contribution in [-0.4, -0.2) is 27.8 Å². The monoisotopic (exact) mass is 470 g/mol. The molecule has 0 bridgehead atoms. The zero-order valence-corrected chi connectivity index (χ0v) is 19.0. The van der Waals surface area contributed by atoms with Crippen molar-refractivity contribution in [3.63, 3.8) is 0 Å². The Morgan fingerprint density at radius 2 is 1.91 bits per heavy atom. The first-order valence-corrected chi connectivity index (χ1v) is 10.6. The molecule has 0 fully saturated rings. The summed E-state index contributed by atoms with van der Waals surface area (Å²) in [7, 11) is 1.51. The van der Waals surface area contributed by atoms with Gasteiger partial charge < -0.3 is 10.1 Å². The lowest BCUT2D eigenvalue weighted by molar-refractivity contribution is -0.116. The van der Waals surface area contributed by atoms with Crippen LogP contribution in [0.1, 0.15) is 23.2 Å². The lowest BCUT2D eigenvalue weighted by Gasteiger charge is -2.13. The molecule has 0 aliphatic heterocycles. The predicted octanol–water partition coefficient (Wildman–Crippen LogP) is 5.55. The lowest BCUT2D eigenvalue weighted by Crippen LogP contribution is -2.13. The van der Waals surface area contributed by atoms with Gasteiger partial charge in [0.05, 0.1) is 29.2 Å². The quantitative estimate of drug-likeness (QED) is 0.401. The van der Waals surface area contributed by atoms with Gasteiger partial charge in [-0.25, -0.2) is 13.5 Å². The molecule has 0 saturated carbocycles. The summed E-state index contributed by atoms with van der Waals surface area (Å²) in [5.41, 5.74) is 3.80. The van der Waals surface area contributed by atoms with Crippen LogP contribution >= 0.6 is 11.6 Å². The zero-order chi connectivity index (χ0) is 23.7. The van der Waals surface area contributed by atoms with E-state index in [-0.39, 0.29) is 23.2 Å². The molecule has 0 aliphatic rings. The number of carbonyl (C=O) groups excluding carboxylic acids is 1. The van der Waals surface area contributed by atoms with Gasteiger partial charge in [-0.2, -0.15) is 10.1 Å². The second-order valence-electron chi connectivity index (χ2n) is 7.57. The number of ether oxygens (including phenoxy) is 1. The average molecular weight is 471 g/mol. The van der Waals surface area contributed by atoms with Gasteiger partial charge in [-0.3, -0.25) is 4.79 Å². The summed E-state index contributed by atoms with van der Waals surface area (Å²) >= 11 is 5.99. The Kier molecular flexibility index (Phi) is 6.29. The molecule has 9 heteroatoms. The summed E-state index contributed by atoms with van der Waals surface area (Å²) in [6.45, 7) is 3.77. The van der Waals surface area contributed by atoms with Crippen LogP contribution < -0.4 is 10.1 Å². The van der Waals surface area contributed by atoms with E-state index in [0.29, 0.717) is 29.3 Å². The van der Waals surface area contributed by atoms with Gasteiger partial charge in [0.1, 0.15) is 11.6 Å². The lowest BCUT2D eigenvalue weighted by atomic mass is 10.0. The number of benzene rings is 2. The number of methoxy groups -OCH3 is 1. The number of hydrogen-bond donors (Lipinski definition) is 1. The van der Waals surface area contributed by atoms with Crippen LogP contribution in [0.25, 0.3) is 16.7 Å². The third-order valence-electron chi connectivity index (χ3n) is 5.38. The molecule has 2 aromatic heterocycles. The molecule has 6 nitrogen and oxygen atoms in total. The van der Waals surface area contributed by atoms with Gasteiger partial charge >= 0.3 is 0 Å². The van der Waals surface area contributed by atoms with Crippen LogP contribution in [0.2, 0.25) is 5.02 Å². The van der Waals surface area contributed by atoms with E-state index in [0.717, 1.165) is 28.3 Å². The highest BCUT2D eigenvalue weighted by molar-refractivity contribution is 6.33. The fraction of sp³-hybridized carbons (Fsp3) is 0.208. The Balaban J connectivity index is 1.65. The fourth-order valence-corrected chi connectivity index (χ4v) is 4.04. The minimum absolute atomic E-state index is 0.126. The van der Waals surface area contributed by atoms with Crippen molar-refractivity contribution in [3.8, 4) is 11.6 Å². The number of aromatic nitrogens is 3. The normalized spacial score (nSPS) is 11.1. The van der Waals surface area contributed by atoms with Gasteiger partial charge in [-0.1, -0.05) is 17.7 Å². The van der Waals surface area contributed by atoms with E-state index in [1.54, 1.807) is 16.8 Å². The molecule has 4 aromatic rings. The first-order chi connectivity index (χ1) is 15.8. The second-order valence-corrected chi connectivity index (χ2v) is 7.98. The molecule has 1 N–H and O–H groups in total. The van der Waals surface area contributed by atoms with E-state index in [4.69, 9.17) is 16.3 Å². The molecule has 170 valence electrons. The maximum absolute atomic E-state index is 13.8. The van der Waals surface area contributed by atoms with E-state index < -0.39 is 5.82 Å². The number of nitrogens with zero attached hydrogens (tertiary/aromatic N) is 3. The molecule has 4 rings (SSSR count). The van der Waals surface area contributed by atoms with Crippen LogP contribution in [-0.2, 0) is 11.2 Å². The van der Waals surface area contributed by atoms with Crippen LogP contribution in [0, 0.1) is 25.5 Å². The molecule has 1 amide bonds. The number of rotatable bonds is 6. The van der Waals surface area contributed by atoms with Crippen molar-refractivity contribution < 1.29 is 18.3 Å². The van der Waals surface area contributed by atoms with Crippen LogP contribution in [0.4, 0.5) is 14.5 Å². The van der Waals surface area contributed by atoms with Crippen molar-refractivity contribution >= 4 is 34.2 Å². The Labute approximate surface area is 194 Å². The highest BCUT2D eigenvalue weighted by Gasteiger charge is 2.20. The summed E-state index contributed by atoms with van der Waals surface area (Å²) in [5, 5.41) is 8.19. The third kappa shape index (κ3) is 4.52. The minimum Gasteiger partial charge on any atom is -0.481 e. The van der Waals surface area contributed by atoms with Crippen molar-refractivity contribution in [3.05, 3.63) is 75.9 Å². The number of carbonyl (C=O) groups is 1. The number of halogens is 3. The number of hydrogen-bond acceptors (Lipinski definition) is 4. The van der Waals surface area contributed by atoms with E-state index in [1.165, 1.54) is 31.4 Å². The highest BCUT2D eigenvalue weighted by atomic mass is 35.5. The smallest absolute Gasteiger partial charge is 0.224 e. The van der Waals surface area contributed by atoms with Gasteiger partial charge in [-0.15, -0.1) is 0 Å². The Morgan fingerprint density at radius 3 is 2.61 bits per heavy atom. The molecule has 0 aliphatic carbocycles. The average Bonchev–Trinajstić information content (AvgIpc) is 3.11. The minimum atomic E-state index is -0.480. The first kappa shape index (κ1) is 22.7. The topological polar surface area (TPSA) is 69.0 Å². The van der Waals surface area contributed by atoms with Crippen molar-refractivity contribution in [1.82, 2.24) is 14.8 Å². The third-order valence-corrected chi connectivity index (χ3v) is 5.70. The standard InChI is InChI=1S/C24H21ClF2N4O2/c1-13-18(8-10-21(32)28-20-9-7-16(27)12-19(20)25)24(33-3)29-23-22(13)14(2)30-31(23)17-6-4-5-15(26)11-17/h4-7,9,11-12H,8,10H2,1-3H3,(H,28,32). The predicted molar refractivity (Wildman–Crippen MR) is 123 cm³/mol. The van der Waals surface area contributed by atoms with Crippen LogP contribution in [0.3, 0.4) is 0 Å². The number of amides is 1. The van der Waals surface area contributed by atoms with Crippen LogP contribution in [0.5, 0.6) is 5.88 Å². The zero-order valence-electron chi connectivity index (χ0n) is 18.2. The van der Waals surface area contributed by atoms with Crippen molar-refractivity contribution in [2.75, 3.05) is 12.4 Å². The Bertz CT molecular complexity index is 1370. The molecule has 0 radical (unpaired) electrons. The maximum atomic E-state index is 13.8. The molecular formula is C24H21ClF2N4O2. The number of pyridine rings is 1. The molecule has 0 spiro atoms. The van der Waals surface area contributed by atoms with Crippen LogP contribution in [0.15, 0.2) is 42.5 Å². The van der Waals surface area contributed by atoms with Gasteiger partial charge in [0.2, 0.25) is 11.8 Å². The number of anilines is 1. The summed E-state index contributed by atoms with van der Waals surface area (Å²) < 4.78 is 34.1. The summed E-state index contributed by atoms with van der Waals surface area (Å²) in [6.07, 6.45) is 0.488. The molecule has 33 heavy (non-hydrogen) atoms. The fourth-order valence-electron chi connectivity index (χ4n) is 3.83. The summed E-state index contributed by atoms with van der Waals surface area (Å²) in [4.78, 5) is 17.1.